The summed E-state index contributed by atoms with van der Waals surface area (Å²) in [6, 6.07) is 5.94. The van der Waals surface area contributed by atoms with E-state index in [0.717, 1.165) is 38.4 Å². The van der Waals surface area contributed by atoms with E-state index in [9.17, 15) is 0 Å². The third-order valence-corrected chi connectivity index (χ3v) is 4.66. The molecule has 1 saturated heterocycles. The first-order valence-electron chi connectivity index (χ1n) is 8.82. The average molecular weight is 477 g/mol. The summed E-state index contributed by atoms with van der Waals surface area (Å²) in [6.07, 6.45) is 0. The van der Waals surface area contributed by atoms with Crippen LogP contribution in [0, 0.1) is 0 Å². The molecule has 1 aromatic rings. The third-order valence-electron chi connectivity index (χ3n) is 4.66. The van der Waals surface area contributed by atoms with Gasteiger partial charge in [-0.2, -0.15) is 0 Å². The van der Waals surface area contributed by atoms with Crippen molar-refractivity contribution in [3.8, 4) is 11.5 Å². The number of benzene rings is 1. The topological polar surface area (TPSA) is 75.4 Å². The summed E-state index contributed by atoms with van der Waals surface area (Å²) in [7, 11) is 3.22. The van der Waals surface area contributed by atoms with Gasteiger partial charge in [-0.1, -0.05) is 6.92 Å². The summed E-state index contributed by atoms with van der Waals surface area (Å²) >= 11 is 0. The molecule has 2 rings (SSSR count). The number of nitrogens with two attached hydrogens (primary N) is 1. The molecule has 0 spiro atoms. The van der Waals surface area contributed by atoms with Crippen molar-refractivity contribution in [1.29, 1.82) is 0 Å². The molecule has 1 atom stereocenters. The number of anilines is 1. The number of rotatable bonds is 7. The Hall–Kier alpha value is -1.26. The van der Waals surface area contributed by atoms with E-state index < -0.39 is 0 Å². The first kappa shape index (κ1) is 22.8. The number of ether oxygens (including phenoxy) is 2. The Bertz CT molecular complexity index is 577. The molecule has 1 aromatic carbocycles. The minimum atomic E-state index is 0. The molecule has 0 bridgehead atoms. The van der Waals surface area contributed by atoms with Crippen LogP contribution in [0.4, 0.5) is 5.69 Å². The maximum atomic E-state index is 6.03. The Labute approximate surface area is 173 Å². The number of guanidine groups is 1. The molecule has 1 aliphatic rings. The smallest absolute Gasteiger partial charge is 0.193 e. The molecule has 1 aliphatic heterocycles. The van der Waals surface area contributed by atoms with Crippen LogP contribution >= 0.6 is 24.0 Å². The van der Waals surface area contributed by atoms with Crippen LogP contribution < -0.4 is 20.5 Å². The first-order valence-corrected chi connectivity index (χ1v) is 8.82. The van der Waals surface area contributed by atoms with Gasteiger partial charge in [0.15, 0.2) is 17.5 Å². The molecule has 1 heterocycles. The van der Waals surface area contributed by atoms with Crippen molar-refractivity contribution in [2.24, 2.45) is 10.7 Å². The second-order valence-electron chi connectivity index (χ2n) is 6.24. The van der Waals surface area contributed by atoms with E-state index in [1.807, 2.05) is 18.2 Å². The molecule has 0 amide bonds. The second-order valence-corrected chi connectivity index (χ2v) is 6.24. The second kappa shape index (κ2) is 11.5. The number of methoxy groups -OCH3 is 2. The lowest BCUT2D eigenvalue weighted by atomic mass is 10.2. The Morgan fingerprint density at radius 3 is 2.42 bits per heavy atom. The standard InChI is InChI=1S/C18H31N5O2.HI/c1-5-22-8-10-23(11-9-22)14(2)13-20-18(19)21-15-6-7-16(24-3)17(12-15)25-4;/h6-7,12,14H,5,8-11,13H2,1-4H3,(H3,19,20,21);1H. The average Bonchev–Trinajstić information content (AvgIpc) is 2.66. The number of halogens is 1. The Kier molecular flexibility index (Phi) is 10.0. The monoisotopic (exact) mass is 477 g/mol. The van der Waals surface area contributed by atoms with E-state index in [4.69, 9.17) is 15.2 Å². The molecule has 0 aliphatic carbocycles. The molecule has 0 saturated carbocycles. The number of hydrogen-bond donors (Lipinski definition) is 2. The predicted molar refractivity (Wildman–Crippen MR) is 118 cm³/mol. The van der Waals surface area contributed by atoms with Crippen molar-refractivity contribution in [1.82, 2.24) is 9.80 Å². The van der Waals surface area contributed by atoms with Crippen LogP contribution in [0.1, 0.15) is 13.8 Å². The Morgan fingerprint density at radius 2 is 1.85 bits per heavy atom. The highest BCUT2D eigenvalue weighted by atomic mass is 127. The summed E-state index contributed by atoms with van der Waals surface area (Å²) in [5.41, 5.74) is 6.85. The molecule has 1 unspecified atom stereocenters. The zero-order valence-electron chi connectivity index (χ0n) is 16.2. The van der Waals surface area contributed by atoms with Crippen molar-refractivity contribution >= 4 is 35.6 Å². The van der Waals surface area contributed by atoms with Crippen LogP contribution in [0.2, 0.25) is 0 Å². The fourth-order valence-electron chi connectivity index (χ4n) is 2.97. The highest BCUT2D eigenvalue weighted by Crippen LogP contribution is 2.29. The third kappa shape index (κ3) is 6.48. The van der Waals surface area contributed by atoms with E-state index in [-0.39, 0.29) is 24.0 Å². The van der Waals surface area contributed by atoms with E-state index >= 15 is 0 Å². The highest BCUT2D eigenvalue weighted by molar-refractivity contribution is 14.0. The maximum Gasteiger partial charge on any atom is 0.193 e. The van der Waals surface area contributed by atoms with Gasteiger partial charge in [-0.25, -0.2) is 0 Å². The van der Waals surface area contributed by atoms with Crippen LogP contribution in [0.3, 0.4) is 0 Å². The summed E-state index contributed by atoms with van der Waals surface area (Å²) in [6.45, 7) is 10.7. The highest BCUT2D eigenvalue weighted by Gasteiger charge is 2.19. The van der Waals surface area contributed by atoms with Crippen molar-refractivity contribution < 1.29 is 9.47 Å². The van der Waals surface area contributed by atoms with Gasteiger partial charge in [0.1, 0.15) is 0 Å². The molecule has 0 radical (unpaired) electrons. The van der Waals surface area contributed by atoms with Crippen molar-refractivity contribution in [3.63, 3.8) is 0 Å². The van der Waals surface area contributed by atoms with E-state index in [1.54, 1.807) is 14.2 Å². The fourth-order valence-corrected chi connectivity index (χ4v) is 2.97. The molecular formula is C18H32IN5O2. The van der Waals surface area contributed by atoms with Crippen molar-refractivity contribution in [2.75, 3.05) is 58.8 Å². The normalized spacial score (nSPS) is 17.3. The van der Waals surface area contributed by atoms with Crippen LogP contribution in [0.15, 0.2) is 23.2 Å². The number of nitrogens with zero attached hydrogens (tertiary/aromatic N) is 3. The lowest BCUT2D eigenvalue weighted by Crippen LogP contribution is -2.50. The fraction of sp³-hybridized carbons (Fsp3) is 0.611. The van der Waals surface area contributed by atoms with Gasteiger partial charge in [-0.05, 0) is 25.6 Å². The van der Waals surface area contributed by atoms with Gasteiger partial charge >= 0.3 is 0 Å². The van der Waals surface area contributed by atoms with Crippen molar-refractivity contribution in [2.45, 2.75) is 19.9 Å². The number of piperazine rings is 1. The van der Waals surface area contributed by atoms with Gasteiger partial charge in [0.2, 0.25) is 0 Å². The summed E-state index contributed by atoms with van der Waals surface area (Å²) in [4.78, 5) is 9.43. The number of nitrogens with one attached hydrogen (secondary N) is 1. The Morgan fingerprint density at radius 1 is 1.19 bits per heavy atom. The molecule has 8 heteroatoms. The zero-order valence-corrected chi connectivity index (χ0v) is 18.5. The molecule has 0 aromatic heterocycles. The van der Waals surface area contributed by atoms with Crippen LogP contribution in [-0.4, -0.2) is 75.3 Å². The molecular weight excluding hydrogens is 445 g/mol. The molecule has 1 fully saturated rings. The lowest BCUT2D eigenvalue weighted by Gasteiger charge is -2.37. The van der Waals surface area contributed by atoms with Gasteiger partial charge in [0, 0.05) is 44.0 Å². The minimum Gasteiger partial charge on any atom is -0.493 e. The predicted octanol–water partition coefficient (Wildman–Crippen LogP) is 2.07. The van der Waals surface area contributed by atoms with Gasteiger partial charge in [-0.3, -0.25) is 9.89 Å². The lowest BCUT2D eigenvalue weighted by molar-refractivity contribution is 0.109. The van der Waals surface area contributed by atoms with E-state index in [2.05, 4.69) is 34.0 Å². The van der Waals surface area contributed by atoms with Crippen molar-refractivity contribution in [3.05, 3.63) is 18.2 Å². The van der Waals surface area contributed by atoms with Gasteiger partial charge < -0.3 is 25.4 Å². The van der Waals surface area contributed by atoms with Crippen LogP contribution in [0.5, 0.6) is 11.5 Å². The van der Waals surface area contributed by atoms with Crippen LogP contribution in [0.25, 0.3) is 0 Å². The first-order chi connectivity index (χ1) is 12.1. The number of likely N-dealkylation sites (N-methyl/N-ethyl adjacent to an activating group) is 1. The molecule has 26 heavy (non-hydrogen) atoms. The summed E-state index contributed by atoms with van der Waals surface area (Å²) in [5.74, 6) is 1.75. The molecule has 148 valence electrons. The zero-order chi connectivity index (χ0) is 18.2. The SMILES string of the molecule is CCN1CCN(C(C)CN=C(N)Nc2ccc(OC)c(OC)c2)CC1.I. The molecule has 3 N–H and O–H groups in total. The Balaban J connectivity index is 0.00000338. The maximum absolute atomic E-state index is 6.03. The van der Waals surface area contributed by atoms with Gasteiger partial charge in [0.05, 0.1) is 20.8 Å². The minimum absolute atomic E-state index is 0. The largest absolute Gasteiger partial charge is 0.493 e. The number of hydrogen-bond acceptors (Lipinski definition) is 5. The summed E-state index contributed by atoms with van der Waals surface area (Å²) in [5, 5.41) is 3.11. The van der Waals surface area contributed by atoms with Gasteiger partial charge in [0.25, 0.3) is 0 Å². The summed E-state index contributed by atoms with van der Waals surface area (Å²) < 4.78 is 10.5. The van der Waals surface area contributed by atoms with Crippen LogP contribution in [-0.2, 0) is 0 Å². The van der Waals surface area contributed by atoms with Gasteiger partial charge in [-0.15, -0.1) is 24.0 Å². The quantitative estimate of drug-likeness (QED) is 0.356. The van der Waals surface area contributed by atoms with E-state index in [1.165, 1.54) is 0 Å². The van der Waals surface area contributed by atoms with E-state index in [0.29, 0.717) is 30.0 Å². The molecule has 7 nitrogen and oxygen atoms in total. The number of aliphatic imine (C=N–C) groups is 1.